The maximum atomic E-state index is 13.6. The van der Waals surface area contributed by atoms with Crippen molar-refractivity contribution in [3.8, 4) is 5.75 Å². The molecule has 2 heterocycles. The van der Waals surface area contributed by atoms with Crippen molar-refractivity contribution in [1.29, 1.82) is 0 Å². The summed E-state index contributed by atoms with van der Waals surface area (Å²) in [7, 11) is 5.15. The molecule has 2 aromatic rings. The third kappa shape index (κ3) is 6.04. The normalized spacial score (nSPS) is 17.8. The summed E-state index contributed by atoms with van der Waals surface area (Å²) < 4.78 is 7.22. The summed E-state index contributed by atoms with van der Waals surface area (Å²) in [4.78, 5) is 42.5. The number of hydrogen-bond donors (Lipinski definition) is 2. The average Bonchev–Trinajstić information content (AvgIpc) is 3.24. The van der Waals surface area contributed by atoms with Gasteiger partial charge in [0.1, 0.15) is 11.4 Å². The molecule has 1 aromatic carbocycles. The predicted octanol–water partition coefficient (Wildman–Crippen LogP) is 2.68. The van der Waals surface area contributed by atoms with E-state index in [1.54, 1.807) is 20.2 Å². The van der Waals surface area contributed by atoms with Crippen molar-refractivity contribution in [2.45, 2.75) is 32.1 Å². The van der Waals surface area contributed by atoms with E-state index in [0.717, 1.165) is 42.3 Å². The van der Waals surface area contributed by atoms with Crippen molar-refractivity contribution in [2.75, 3.05) is 40.3 Å². The monoisotopic (exact) mass is 531 g/mol. The van der Waals surface area contributed by atoms with Crippen LogP contribution in [0.1, 0.15) is 42.6 Å². The van der Waals surface area contributed by atoms with Crippen molar-refractivity contribution in [2.24, 2.45) is 24.6 Å². The summed E-state index contributed by atoms with van der Waals surface area (Å²) in [5.74, 6) is -0.0466. The molecule has 0 spiro atoms. The van der Waals surface area contributed by atoms with Crippen LogP contribution in [-0.2, 0) is 16.6 Å². The molecule has 1 aliphatic carbocycles. The van der Waals surface area contributed by atoms with E-state index in [1.165, 1.54) is 6.42 Å². The fraction of sp³-hybridized carbons (Fsp3) is 0.519. The number of carbonyl (C=O) groups excluding carboxylic acids is 3. The van der Waals surface area contributed by atoms with Crippen molar-refractivity contribution in [3.63, 3.8) is 0 Å². The molecule has 202 valence electrons. The Morgan fingerprint density at radius 3 is 2.30 bits per heavy atom. The first-order valence-corrected chi connectivity index (χ1v) is 12.7. The number of benzene rings is 1. The van der Waals surface area contributed by atoms with Crippen LogP contribution in [0.25, 0.3) is 10.9 Å². The Labute approximate surface area is 224 Å². The molecule has 1 aliphatic heterocycles. The Bertz CT molecular complexity index is 1160. The molecule has 2 aliphatic rings. The number of nitrogens with one attached hydrogen (secondary N) is 1. The lowest BCUT2D eigenvalue weighted by atomic mass is 9.78. The lowest BCUT2D eigenvalue weighted by Gasteiger charge is -2.38. The standard InChI is InChI=1S/C27H37N5O4.ClH/c1-29-22(25(28)33)17-21(18-7-5-4-6-8-18)26(34)31-11-13-32(14-12-31)27(35)24-15-19-9-10-20(36-3)16-23(19)30(24)2;/h9-10,15-18,21,29H,4-8,11-14H2,1-3H3,(H2,28,33);1H/t21-;/m1./s1. The molecule has 3 amide bonds. The molecule has 4 rings (SSSR count). The minimum atomic E-state index is -0.561. The molecule has 1 saturated carbocycles. The van der Waals surface area contributed by atoms with Crippen LogP contribution in [0.3, 0.4) is 0 Å². The minimum Gasteiger partial charge on any atom is -0.497 e. The zero-order chi connectivity index (χ0) is 25.8. The Balaban J connectivity index is 0.00000380. The summed E-state index contributed by atoms with van der Waals surface area (Å²) in [5.41, 5.74) is 7.34. The number of halogens is 1. The number of likely N-dealkylation sites (N-methyl/N-ethyl adjacent to an activating group) is 1. The highest BCUT2D eigenvalue weighted by atomic mass is 35.5. The second kappa shape index (κ2) is 12.4. The third-order valence-electron chi connectivity index (χ3n) is 7.67. The van der Waals surface area contributed by atoms with Gasteiger partial charge in [-0.25, -0.2) is 0 Å². The molecular weight excluding hydrogens is 494 g/mol. The molecule has 1 atom stereocenters. The zero-order valence-corrected chi connectivity index (χ0v) is 22.7. The van der Waals surface area contributed by atoms with Crippen molar-refractivity contribution in [1.82, 2.24) is 19.7 Å². The molecule has 37 heavy (non-hydrogen) atoms. The highest BCUT2D eigenvalue weighted by Crippen LogP contribution is 2.33. The van der Waals surface area contributed by atoms with Gasteiger partial charge in [0.25, 0.3) is 11.8 Å². The van der Waals surface area contributed by atoms with E-state index < -0.39 is 11.8 Å². The molecule has 1 saturated heterocycles. The van der Waals surface area contributed by atoms with Gasteiger partial charge in [-0.05, 0) is 43.0 Å². The van der Waals surface area contributed by atoms with Gasteiger partial charge in [-0.3, -0.25) is 14.4 Å². The summed E-state index contributed by atoms with van der Waals surface area (Å²) >= 11 is 0. The lowest BCUT2D eigenvalue weighted by Crippen LogP contribution is -2.52. The third-order valence-corrected chi connectivity index (χ3v) is 7.67. The molecule has 10 heteroatoms. The summed E-state index contributed by atoms with van der Waals surface area (Å²) in [6.45, 7) is 1.85. The highest BCUT2D eigenvalue weighted by molar-refractivity contribution is 5.99. The van der Waals surface area contributed by atoms with Gasteiger partial charge >= 0.3 is 0 Å². The van der Waals surface area contributed by atoms with Crippen molar-refractivity contribution < 1.29 is 19.1 Å². The molecule has 1 aromatic heterocycles. The maximum Gasteiger partial charge on any atom is 0.270 e. The van der Waals surface area contributed by atoms with Crippen molar-refractivity contribution >= 4 is 41.0 Å². The fourth-order valence-electron chi connectivity index (χ4n) is 5.52. The number of aryl methyl sites for hydroxylation is 1. The van der Waals surface area contributed by atoms with Gasteiger partial charge in [-0.15, -0.1) is 12.4 Å². The SMILES string of the molecule is CNC(=C[C@@H](C(=O)N1CCN(C(=O)c2cc3ccc(OC)cc3n2C)CC1)C1CCCCC1)C(N)=O.Cl. The van der Waals surface area contributed by atoms with E-state index >= 15 is 0 Å². The number of hydrogen-bond acceptors (Lipinski definition) is 5. The maximum absolute atomic E-state index is 13.6. The molecule has 0 unspecified atom stereocenters. The zero-order valence-electron chi connectivity index (χ0n) is 21.9. The number of ether oxygens (including phenoxy) is 1. The number of nitrogens with zero attached hydrogens (tertiary/aromatic N) is 3. The Hall–Kier alpha value is -3.20. The van der Waals surface area contributed by atoms with Gasteiger partial charge in [0.15, 0.2) is 0 Å². The topological polar surface area (TPSA) is 110 Å². The number of nitrogens with two attached hydrogens (primary N) is 1. The first kappa shape index (κ1) is 28.4. The number of amides is 3. The number of rotatable bonds is 7. The van der Waals surface area contributed by atoms with Crippen LogP contribution in [0.5, 0.6) is 5.75 Å². The van der Waals surface area contributed by atoms with Gasteiger partial charge in [0.2, 0.25) is 5.91 Å². The number of piperazine rings is 1. The number of carbonyl (C=O) groups is 3. The van der Waals surface area contributed by atoms with Crippen LogP contribution < -0.4 is 15.8 Å². The van der Waals surface area contributed by atoms with Gasteiger partial charge in [0, 0.05) is 51.7 Å². The fourth-order valence-corrected chi connectivity index (χ4v) is 5.52. The van der Waals surface area contributed by atoms with E-state index in [9.17, 15) is 14.4 Å². The smallest absolute Gasteiger partial charge is 0.270 e. The highest BCUT2D eigenvalue weighted by Gasteiger charge is 2.34. The molecule has 3 N–H and O–H groups in total. The second-order valence-corrected chi connectivity index (χ2v) is 9.75. The van der Waals surface area contributed by atoms with E-state index in [0.29, 0.717) is 31.9 Å². The van der Waals surface area contributed by atoms with Gasteiger partial charge in [0.05, 0.1) is 24.2 Å². The van der Waals surface area contributed by atoms with Crippen LogP contribution in [-0.4, -0.2) is 72.4 Å². The summed E-state index contributed by atoms with van der Waals surface area (Å²) in [5, 5.41) is 3.82. The predicted molar refractivity (Wildman–Crippen MR) is 146 cm³/mol. The first-order chi connectivity index (χ1) is 17.3. The Kier molecular flexibility index (Phi) is 9.48. The van der Waals surface area contributed by atoms with E-state index in [-0.39, 0.29) is 35.8 Å². The molecule has 2 fully saturated rings. The van der Waals surface area contributed by atoms with E-state index in [1.807, 2.05) is 45.7 Å². The van der Waals surface area contributed by atoms with E-state index in [4.69, 9.17) is 10.5 Å². The van der Waals surface area contributed by atoms with Crippen LogP contribution in [0.4, 0.5) is 0 Å². The quantitative estimate of drug-likeness (QED) is 0.534. The van der Waals surface area contributed by atoms with Gasteiger partial charge < -0.3 is 30.2 Å². The number of aromatic nitrogens is 1. The van der Waals surface area contributed by atoms with Gasteiger partial charge in [-0.2, -0.15) is 0 Å². The largest absolute Gasteiger partial charge is 0.497 e. The number of methoxy groups -OCH3 is 1. The summed E-state index contributed by atoms with van der Waals surface area (Å²) in [6, 6.07) is 7.66. The van der Waals surface area contributed by atoms with Crippen LogP contribution >= 0.6 is 12.4 Å². The minimum absolute atomic E-state index is 0. The second-order valence-electron chi connectivity index (χ2n) is 9.75. The molecule has 0 radical (unpaired) electrons. The van der Waals surface area contributed by atoms with Crippen molar-refractivity contribution in [3.05, 3.63) is 41.7 Å². The Morgan fingerprint density at radius 2 is 1.70 bits per heavy atom. The van der Waals surface area contributed by atoms with E-state index in [2.05, 4.69) is 5.32 Å². The van der Waals surface area contributed by atoms with Crippen LogP contribution in [0.15, 0.2) is 36.0 Å². The molecule has 9 nitrogen and oxygen atoms in total. The lowest BCUT2D eigenvalue weighted by molar-refractivity contribution is -0.137. The van der Waals surface area contributed by atoms with Crippen LogP contribution in [0.2, 0.25) is 0 Å². The first-order valence-electron chi connectivity index (χ1n) is 12.7. The average molecular weight is 532 g/mol. The molecule has 0 bridgehead atoms. The number of primary amides is 1. The number of fused-ring (bicyclic) bond motifs is 1. The van der Waals surface area contributed by atoms with Gasteiger partial charge in [-0.1, -0.05) is 19.3 Å². The van der Waals surface area contributed by atoms with Crippen LogP contribution in [0, 0.1) is 11.8 Å². The molecular formula is C27H38ClN5O4. The summed E-state index contributed by atoms with van der Waals surface area (Å²) in [6.07, 6.45) is 7.01. The Morgan fingerprint density at radius 1 is 1.05 bits per heavy atom.